The van der Waals surface area contributed by atoms with Gasteiger partial charge in [-0.15, -0.1) is 36.5 Å². The topological polar surface area (TPSA) is 94.3 Å². The van der Waals surface area contributed by atoms with Crippen molar-refractivity contribution in [3.63, 3.8) is 0 Å². The van der Waals surface area contributed by atoms with Gasteiger partial charge in [0.15, 0.2) is 5.82 Å². The Bertz CT molecular complexity index is 1190. The summed E-state index contributed by atoms with van der Waals surface area (Å²) >= 11 is 0. The summed E-state index contributed by atoms with van der Waals surface area (Å²) in [6.07, 6.45) is -19.1. The van der Waals surface area contributed by atoms with Crippen LogP contribution >= 0.6 is 0 Å². The Morgan fingerprint density at radius 1 is 0.872 bits per heavy atom. The second kappa shape index (κ2) is 11.3. The highest BCUT2D eigenvalue weighted by atomic mass is 19.4. The van der Waals surface area contributed by atoms with Crippen molar-refractivity contribution in [3.05, 3.63) is 65.5 Å². The standard InChI is InChI=1S/C22H20F9N5O3/c1-36-34-18(33-35-36)11-19(32-12-15(37)10-20(23,24)25,13-4-2-6-16(8-13)38-21(26,27)28)14-5-3-7-17(9-14)39-22(29,30)31/h2-9,15,32,37H,10-12H2,1H3. The molecule has 1 unspecified atom stereocenters. The van der Waals surface area contributed by atoms with E-state index < -0.39 is 61.4 Å². The Labute approximate surface area is 214 Å². The first-order chi connectivity index (χ1) is 17.9. The van der Waals surface area contributed by atoms with Crippen LogP contribution in [0.25, 0.3) is 0 Å². The van der Waals surface area contributed by atoms with Gasteiger partial charge in [-0.05, 0) is 40.6 Å². The van der Waals surface area contributed by atoms with Crippen molar-refractivity contribution in [1.82, 2.24) is 25.5 Å². The third kappa shape index (κ3) is 8.98. The molecule has 8 nitrogen and oxygen atoms in total. The van der Waals surface area contributed by atoms with Crippen LogP contribution in [0.3, 0.4) is 0 Å². The Morgan fingerprint density at radius 3 is 1.79 bits per heavy atom. The van der Waals surface area contributed by atoms with Crippen LogP contribution in [0.5, 0.6) is 11.5 Å². The second-order valence-corrected chi connectivity index (χ2v) is 8.28. The van der Waals surface area contributed by atoms with Crippen molar-refractivity contribution < 1.29 is 54.1 Å². The van der Waals surface area contributed by atoms with Crippen molar-refractivity contribution in [3.8, 4) is 11.5 Å². The molecule has 0 radical (unpaired) electrons. The van der Waals surface area contributed by atoms with Gasteiger partial charge >= 0.3 is 18.9 Å². The highest BCUT2D eigenvalue weighted by molar-refractivity contribution is 5.45. The molecule has 0 bridgehead atoms. The number of alkyl halides is 9. The number of benzene rings is 2. The van der Waals surface area contributed by atoms with Crippen LogP contribution in [-0.4, -0.2) is 56.9 Å². The molecule has 0 fully saturated rings. The first kappa shape index (κ1) is 29.9. The number of hydrogen-bond donors (Lipinski definition) is 2. The molecule has 0 spiro atoms. The number of hydrogen-bond acceptors (Lipinski definition) is 7. The summed E-state index contributed by atoms with van der Waals surface area (Å²) < 4.78 is 124. The average molecular weight is 573 g/mol. The van der Waals surface area contributed by atoms with Crippen LogP contribution in [-0.2, 0) is 19.0 Å². The summed E-state index contributed by atoms with van der Waals surface area (Å²) in [5.74, 6) is -1.53. The Kier molecular flexibility index (Phi) is 8.64. The lowest BCUT2D eigenvalue weighted by molar-refractivity contribution is -0.275. The molecule has 3 aromatic rings. The van der Waals surface area contributed by atoms with E-state index >= 15 is 0 Å². The summed E-state index contributed by atoms with van der Waals surface area (Å²) in [6.45, 7) is -0.797. The van der Waals surface area contributed by atoms with Gasteiger partial charge in [0.25, 0.3) is 0 Å². The number of ether oxygens (including phenoxy) is 2. The van der Waals surface area contributed by atoms with E-state index in [1.165, 1.54) is 19.2 Å². The van der Waals surface area contributed by atoms with Gasteiger partial charge in [-0.2, -0.15) is 18.0 Å². The first-order valence-corrected chi connectivity index (χ1v) is 10.9. The van der Waals surface area contributed by atoms with Gasteiger partial charge in [-0.3, -0.25) is 0 Å². The van der Waals surface area contributed by atoms with Gasteiger partial charge in [0.2, 0.25) is 0 Å². The average Bonchev–Trinajstić information content (AvgIpc) is 3.18. The lowest BCUT2D eigenvalue weighted by Gasteiger charge is -2.37. The van der Waals surface area contributed by atoms with E-state index in [4.69, 9.17) is 0 Å². The van der Waals surface area contributed by atoms with E-state index in [1.807, 2.05) is 0 Å². The summed E-state index contributed by atoms with van der Waals surface area (Å²) in [6, 6.07) is 8.49. The monoisotopic (exact) mass is 573 g/mol. The maximum Gasteiger partial charge on any atom is 0.573 e. The molecule has 1 heterocycles. The fourth-order valence-electron chi connectivity index (χ4n) is 3.82. The van der Waals surface area contributed by atoms with Gasteiger partial charge in [0.1, 0.15) is 11.5 Å². The zero-order valence-corrected chi connectivity index (χ0v) is 19.8. The molecule has 0 amide bonds. The Hall–Kier alpha value is -3.60. The predicted octanol–water partition coefficient (Wildman–Crippen LogP) is 4.40. The second-order valence-electron chi connectivity index (χ2n) is 8.28. The van der Waals surface area contributed by atoms with Gasteiger partial charge in [-0.1, -0.05) is 24.3 Å². The molecule has 2 aromatic carbocycles. The van der Waals surface area contributed by atoms with Crippen LogP contribution in [0, 0.1) is 0 Å². The largest absolute Gasteiger partial charge is 0.573 e. The molecule has 1 aromatic heterocycles. The van der Waals surface area contributed by atoms with E-state index in [0.717, 1.165) is 41.2 Å². The summed E-state index contributed by atoms with van der Waals surface area (Å²) in [7, 11) is 1.38. The quantitative estimate of drug-likeness (QED) is 0.348. The number of aliphatic hydroxyl groups is 1. The van der Waals surface area contributed by atoms with Gasteiger partial charge in [-0.25, -0.2) is 0 Å². The van der Waals surface area contributed by atoms with Crippen molar-refractivity contribution in [2.24, 2.45) is 7.05 Å². The summed E-state index contributed by atoms with van der Waals surface area (Å²) in [5.41, 5.74) is -2.11. The minimum Gasteiger partial charge on any atom is -0.406 e. The van der Waals surface area contributed by atoms with Crippen molar-refractivity contribution in [2.75, 3.05) is 6.54 Å². The van der Waals surface area contributed by atoms with Crippen LogP contribution in [0.15, 0.2) is 48.5 Å². The van der Waals surface area contributed by atoms with E-state index in [1.54, 1.807) is 0 Å². The molecule has 17 heteroatoms. The van der Waals surface area contributed by atoms with Crippen LogP contribution in [0.4, 0.5) is 39.5 Å². The van der Waals surface area contributed by atoms with Crippen LogP contribution in [0.1, 0.15) is 23.4 Å². The van der Waals surface area contributed by atoms with E-state index in [2.05, 4.69) is 30.2 Å². The molecule has 0 aliphatic carbocycles. The minimum atomic E-state index is -5.11. The number of aryl methyl sites for hydroxylation is 1. The molecule has 1 atom stereocenters. The normalized spacial score (nSPS) is 13.8. The number of nitrogens with one attached hydrogen (secondary N) is 1. The van der Waals surface area contributed by atoms with Gasteiger partial charge < -0.3 is 19.9 Å². The maximum absolute atomic E-state index is 12.9. The molecule has 39 heavy (non-hydrogen) atoms. The molecule has 3 rings (SSSR count). The van der Waals surface area contributed by atoms with Crippen molar-refractivity contribution >= 4 is 0 Å². The molecule has 2 N–H and O–H groups in total. The predicted molar refractivity (Wildman–Crippen MR) is 114 cm³/mol. The summed E-state index contributed by atoms with van der Waals surface area (Å²) in [5, 5.41) is 24.2. The van der Waals surface area contributed by atoms with E-state index in [0.29, 0.717) is 0 Å². The van der Waals surface area contributed by atoms with Crippen LogP contribution in [0.2, 0.25) is 0 Å². The Morgan fingerprint density at radius 2 is 1.38 bits per heavy atom. The third-order valence-electron chi connectivity index (χ3n) is 5.20. The minimum absolute atomic E-state index is 0.0837. The van der Waals surface area contributed by atoms with E-state index in [-0.39, 0.29) is 17.0 Å². The molecule has 214 valence electrons. The number of aromatic nitrogens is 4. The van der Waals surface area contributed by atoms with Gasteiger partial charge in [0.05, 0.1) is 25.1 Å². The molecule has 0 saturated carbocycles. The van der Waals surface area contributed by atoms with Crippen molar-refractivity contribution in [2.45, 2.75) is 43.4 Å². The Balaban J connectivity index is 2.19. The SMILES string of the molecule is Cn1nnc(CC(NCC(O)CC(F)(F)F)(c2cccc(OC(F)(F)F)c2)c2cccc(OC(F)(F)F)c2)n1. The molecule has 0 aliphatic rings. The number of rotatable bonds is 10. The molecular formula is C22H20F9N5O3. The van der Waals surface area contributed by atoms with Gasteiger partial charge in [0, 0.05) is 13.0 Å². The fourth-order valence-corrected chi connectivity index (χ4v) is 3.82. The lowest BCUT2D eigenvalue weighted by Crippen LogP contribution is -2.49. The molecule has 0 aliphatic heterocycles. The molecular weight excluding hydrogens is 553 g/mol. The highest BCUT2D eigenvalue weighted by Gasteiger charge is 2.40. The summed E-state index contributed by atoms with van der Waals surface area (Å²) in [4.78, 5) is 1.02. The number of halogens is 9. The third-order valence-corrected chi connectivity index (χ3v) is 5.20. The first-order valence-electron chi connectivity index (χ1n) is 10.9. The zero-order chi connectivity index (χ0) is 29.1. The van der Waals surface area contributed by atoms with E-state index in [9.17, 15) is 44.6 Å². The fraction of sp³-hybridized carbons (Fsp3) is 0.409. The number of nitrogens with zero attached hydrogens (tertiary/aromatic N) is 4. The molecule has 0 saturated heterocycles. The number of tetrazole rings is 1. The zero-order valence-electron chi connectivity index (χ0n) is 19.8. The maximum atomic E-state index is 12.9. The smallest absolute Gasteiger partial charge is 0.406 e. The lowest BCUT2D eigenvalue weighted by atomic mass is 9.79. The highest BCUT2D eigenvalue weighted by Crippen LogP contribution is 2.38. The number of aliphatic hydroxyl groups excluding tert-OH is 1. The van der Waals surface area contributed by atoms with Crippen LogP contribution < -0.4 is 14.8 Å². The van der Waals surface area contributed by atoms with Crippen molar-refractivity contribution in [1.29, 1.82) is 0 Å².